The standard InChI is InChI=1S/C21H26ClN3O2/c1-5-21(3,4)25-19(26)16-11-10-15(12-17(16)22)24-20(27)18(23)14-8-6-13(2)7-9-14/h6-12,18H,5,23H2,1-4H3,(H,24,27)(H,25,26). The van der Waals surface area contributed by atoms with E-state index in [1.54, 1.807) is 18.2 Å². The van der Waals surface area contributed by atoms with Crippen LogP contribution in [0.1, 0.15) is 54.7 Å². The van der Waals surface area contributed by atoms with Crippen molar-refractivity contribution in [3.05, 3.63) is 64.2 Å². The third-order valence-corrected chi connectivity index (χ3v) is 4.85. The summed E-state index contributed by atoms with van der Waals surface area (Å²) < 4.78 is 0. The Bertz CT molecular complexity index is 832. The van der Waals surface area contributed by atoms with Crippen molar-refractivity contribution in [1.29, 1.82) is 0 Å². The first kappa shape index (κ1) is 20.9. The van der Waals surface area contributed by atoms with Crippen molar-refractivity contribution in [2.75, 3.05) is 5.32 Å². The summed E-state index contributed by atoms with van der Waals surface area (Å²) in [5.74, 6) is -0.597. The van der Waals surface area contributed by atoms with Gasteiger partial charge in [-0.1, -0.05) is 48.4 Å². The molecule has 0 aromatic heterocycles. The lowest BCUT2D eigenvalue weighted by atomic mass is 10.0. The number of carbonyl (C=O) groups excluding carboxylic acids is 2. The molecule has 0 saturated heterocycles. The van der Waals surface area contributed by atoms with Gasteiger partial charge in [0.15, 0.2) is 0 Å². The molecule has 0 fully saturated rings. The predicted molar refractivity (Wildman–Crippen MR) is 110 cm³/mol. The Kier molecular flexibility index (Phi) is 6.63. The summed E-state index contributed by atoms with van der Waals surface area (Å²) in [6.07, 6.45) is 0.793. The maximum absolute atomic E-state index is 12.4. The molecule has 0 aliphatic heterocycles. The molecule has 0 heterocycles. The highest BCUT2D eigenvalue weighted by Crippen LogP contribution is 2.23. The average molecular weight is 388 g/mol. The molecule has 0 aliphatic carbocycles. The van der Waals surface area contributed by atoms with Crippen molar-refractivity contribution >= 4 is 29.1 Å². The monoisotopic (exact) mass is 387 g/mol. The minimum atomic E-state index is -0.794. The Hall–Kier alpha value is -2.37. The molecule has 4 N–H and O–H groups in total. The van der Waals surface area contributed by atoms with E-state index in [1.165, 1.54) is 0 Å². The van der Waals surface area contributed by atoms with Crippen LogP contribution >= 0.6 is 11.6 Å². The predicted octanol–water partition coefficient (Wildman–Crippen LogP) is 4.21. The lowest BCUT2D eigenvalue weighted by Gasteiger charge is -2.24. The van der Waals surface area contributed by atoms with Gasteiger partial charge in [0.25, 0.3) is 5.91 Å². The first-order valence-corrected chi connectivity index (χ1v) is 9.26. The van der Waals surface area contributed by atoms with Crippen LogP contribution in [0.4, 0.5) is 5.69 Å². The summed E-state index contributed by atoms with van der Waals surface area (Å²) in [6, 6.07) is 11.5. The molecule has 1 atom stereocenters. The molecule has 2 aromatic rings. The van der Waals surface area contributed by atoms with Crippen molar-refractivity contribution in [1.82, 2.24) is 5.32 Å². The second-order valence-corrected chi connectivity index (χ2v) is 7.67. The molecule has 0 saturated carbocycles. The highest BCUT2D eigenvalue weighted by atomic mass is 35.5. The van der Waals surface area contributed by atoms with Gasteiger partial charge in [0.2, 0.25) is 5.91 Å². The van der Waals surface area contributed by atoms with Crippen LogP contribution in [0.5, 0.6) is 0 Å². The van der Waals surface area contributed by atoms with Crippen LogP contribution in [0.25, 0.3) is 0 Å². The molecule has 0 spiro atoms. The zero-order chi connectivity index (χ0) is 20.2. The van der Waals surface area contributed by atoms with Crippen molar-refractivity contribution in [2.24, 2.45) is 5.73 Å². The van der Waals surface area contributed by atoms with Gasteiger partial charge in [0, 0.05) is 11.2 Å². The maximum Gasteiger partial charge on any atom is 0.253 e. The normalized spacial score (nSPS) is 12.4. The molecule has 2 rings (SSSR count). The quantitative estimate of drug-likeness (QED) is 0.694. The maximum atomic E-state index is 12.4. The molecular formula is C21H26ClN3O2. The van der Waals surface area contributed by atoms with Gasteiger partial charge < -0.3 is 16.4 Å². The number of hydrogen-bond donors (Lipinski definition) is 3. The average Bonchev–Trinajstić information content (AvgIpc) is 2.61. The van der Waals surface area contributed by atoms with Gasteiger partial charge in [-0.2, -0.15) is 0 Å². The van der Waals surface area contributed by atoms with Crippen LogP contribution in [0.2, 0.25) is 5.02 Å². The van der Waals surface area contributed by atoms with Gasteiger partial charge in [0.1, 0.15) is 6.04 Å². The van der Waals surface area contributed by atoms with Crippen LogP contribution in [-0.4, -0.2) is 17.4 Å². The van der Waals surface area contributed by atoms with Gasteiger partial charge in [-0.3, -0.25) is 9.59 Å². The summed E-state index contributed by atoms with van der Waals surface area (Å²) in [4.78, 5) is 24.8. The third-order valence-electron chi connectivity index (χ3n) is 4.54. The lowest BCUT2D eigenvalue weighted by Crippen LogP contribution is -2.42. The number of anilines is 1. The molecule has 0 aliphatic rings. The van der Waals surface area contributed by atoms with Crippen molar-refractivity contribution < 1.29 is 9.59 Å². The Balaban J connectivity index is 2.09. The van der Waals surface area contributed by atoms with Crippen molar-refractivity contribution in [3.8, 4) is 0 Å². The number of aryl methyl sites for hydroxylation is 1. The number of halogens is 1. The first-order valence-electron chi connectivity index (χ1n) is 8.88. The van der Waals surface area contributed by atoms with E-state index in [9.17, 15) is 9.59 Å². The molecule has 2 aromatic carbocycles. The highest BCUT2D eigenvalue weighted by Gasteiger charge is 2.21. The number of hydrogen-bond acceptors (Lipinski definition) is 3. The second-order valence-electron chi connectivity index (χ2n) is 7.26. The van der Waals surface area contributed by atoms with E-state index in [0.29, 0.717) is 11.3 Å². The van der Waals surface area contributed by atoms with Crippen molar-refractivity contribution in [2.45, 2.75) is 45.7 Å². The molecule has 6 heteroatoms. The van der Waals surface area contributed by atoms with Gasteiger partial charge in [-0.15, -0.1) is 0 Å². The number of carbonyl (C=O) groups is 2. The second kappa shape index (κ2) is 8.55. The molecule has 27 heavy (non-hydrogen) atoms. The molecule has 2 amide bonds. The van der Waals surface area contributed by atoms with Crippen LogP contribution in [0.3, 0.4) is 0 Å². The molecule has 0 radical (unpaired) electrons. The fourth-order valence-corrected chi connectivity index (χ4v) is 2.65. The number of benzene rings is 2. The SMILES string of the molecule is CCC(C)(C)NC(=O)c1ccc(NC(=O)C(N)c2ccc(C)cc2)cc1Cl. The van der Waals surface area contributed by atoms with Crippen LogP contribution in [-0.2, 0) is 4.79 Å². The van der Waals surface area contributed by atoms with Crippen LogP contribution < -0.4 is 16.4 Å². The van der Waals surface area contributed by atoms with E-state index in [2.05, 4.69) is 10.6 Å². The molecule has 1 unspecified atom stereocenters. The smallest absolute Gasteiger partial charge is 0.253 e. The topological polar surface area (TPSA) is 84.2 Å². The Morgan fingerprint density at radius 2 is 1.78 bits per heavy atom. The number of nitrogens with one attached hydrogen (secondary N) is 2. The van der Waals surface area contributed by atoms with Crippen LogP contribution in [0, 0.1) is 6.92 Å². The number of amides is 2. The van der Waals surface area contributed by atoms with E-state index in [-0.39, 0.29) is 22.4 Å². The fourth-order valence-electron chi connectivity index (χ4n) is 2.39. The summed E-state index contributed by atoms with van der Waals surface area (Å²) in [6.45, 7) is 7.86. The Labute approximate surface area is 165 Å². The third kappa shape index (κ3) is 5.55. The zero-order valence-corrected chi connectivity index (χ0v) is 16.9. The highest BCUT2D eigenvalue weighted by molar-refractivity contribution is 6.34. The van der Waals surface area contributed by atoms with Crippen molar-refractivity contribution in [3.63, 3.8) is 0 Å². The summed E-state index contributed by atoms with van der Waals surface area (Å²) in [5.41, 5.74) is 8.37. The van der Waals surface area contributed by atoms with Gasteiger partial charge in [-0.05, 0) is 51.0 Å². The molecule has 5 nitrogen and oxygen atoms in total. The largest absolute Gasteiger partial charge is 0.347 e. The summed E-state index contributed by atoms with van der Waals surface area (Å²) in [5, 5.41) is 5.94. The summed E-state index contributed by atoms with van der Waals surface area (Å²) >= 11 is 6.25. The van der Waals surface area contributed by atoms with E-state index >= 15 is 0 Å². The van der Waals surface area contributed by atoms with Crippen LogP contribution in [0.15, 0.2) is 42.5 Å². The van der Waals surface area contributed by atoms with Gasteiger partial charge >= 0.3 is 0 Å². The molecule has 144 valence electrons. The Morgan fingerprint density at radius 1 is 1.15 bits per heavy atom. The van der Waals surface area contributed by atoms with E-state index in [0.717, 1.165) is 17.5 Å². The molecule has 0 bridgehead atoms. The minimum Gasteiger partial charge on any atom is -0.347 e. The Morgan fingerprint density at radius 3 is 2.33 bits per heavy atom. The minimum absolute atomic E-state index is 0.249. The van der Waals surface area contributed by atoms with E-state index in [4.69, 9.17) is 17.3 Å². The zero-order valence-electron chi connectivity index (χ0n) is 16.1. The number of nitrogens with two attached hydrogens (primary N) is 1. The van der Waals surface area contributed by atoms with E-state index < -0.39 is 6.04 Å². The summed E-state index contributed by atoms with van der Waals surface area (Å²) in [7, 11) is 0. The van der Waals surface area contributed by atoms with Gasteiger partial charge in [-0.25, -0.2) is 0 Å². The number of rotatable bonds is 6. The lowest BCUT2D eigenvalue weighted by molar-refractivity contribution is -0.117. The van der Waals surface area contributed by atoms with E-state index in [1.807, 2.05) is 52.0 Å². The molecular weight excluding hydrogens is 362 g/mol. The first-order chi connectivity index (χ1) is 12.6. The fraction of sp³-hybridized carbons (Fsp3) is 0.333. The van der Waals surface area contributed by atoms with Gasteiger partial charge in [0.05, 0.1) is 10.6 Å².